The van der Waals surface area contributed by atoms with E-state index in [9.17, 15) is 0 Å². The summed E-state index contributed by atoms with van der Waals surface area (Å²) in [7, 11) is 0. The Morgan fingerprint density at radius 1 is 1.06 bits per heavy atom. The zero-order valence-corrected chi connectivity index (χ0v) is 11.8. The Hall–Kier alpha value is -0.820. The van der Waals surface area contributed by atoms with Crippen LogP contribution in [0.5, 0.6) is 0 Å². The number of hydrogen-bond acceptors (Lipinski definition) is 1. The highest BCUT2D eigenvalue weighted by Gasteiger charge is 2.26. The minimum atomic E-state index is 0.550. The predicted octanol–water partition coefficient (Wildman–Crippen LogP) is 4.19. The van der Waals surface area contributed by atoms with Crippen LogP contribution in [0, 0.1) is 17.8 Å². The van der Waals surface area contributed by atoms with Crippen LogP contribution in [0.25, 0.3) is 0 Å². The highest BCUT2D eigenvalue weighted by molar-refractivity contribution is 5.19. The fourth-order valence-corrected chi connectivity index (χ4v) is 3.80. The SMILES string of the molecule is CC1CC(C)CC(CC(CN)c2ccccc2)C1. The quantitative estimate of drug-likeness (QED) is 0.845. The molecule has 2 rings (SSSR count). The summed E-state index contributed by atoms with van der Waals surface area (Å²) in [6.07, 6.45) is 5.48. The van der Waals surface area contributed by atoms with Crippen molar-refractivity contribution in [1.29, 1.82) is 0 Å². The van der Waals surface area contributed by atoms with Crippen molar-refractivity contribution >= 4 is 0 Å². The maximum absolute atomic E-state index is 5.99. The zero-order valence-electron chi connectivity index (χ0n) is 11.8. The molecule has 18 heavy (non-hydrogen) atoms. The van der Waals surface area contributed by atoms with Gasteiger partial charge in [0.05, 0.1) is 0 Å². The third kappa shape index (κ3) is 3.58. The third-order valence-electron chi connectivity index (χ3n) is 4.45. The minimum absolute atomic E-state index is 0.550. The van der Waals surface area contributed by atoms with Gasteiger partial charge in [0.1, 0.15) is 0 Å². The van der Waals surface area contributed by atoms with Crippen molar-refractivity contribution in [3.63, 3.8) is 0 Å². The van der Waals surface area contributed by atoms with Gasteiger partial charge >= 0.3 is 0 Å². The van der Waals surface area contributed by atoms with Gasteiger partial charge in [0, 0.05) is 0 Å². The molecule has 1 heteroatoms. The Morgan fingerprint density at radius 3 is 2.22 bits per heavy atom. The monoisotopic (exact) mass is 245 g/mol. The lowest BCUT2D eigenvalue weighted by atomic mass is 9.73. The second-order valence-corrected chi connectivity index (χ2v) is 6.36. The van der Waals surface area contributed by atoms with E-state index < -0.39 is 0 Å². The van der Waals surface area contributed by atoms with E-state index in [-0.39, 0.29) is 0 Å². The van der Waals surface area contributed by atoms with Crippen molar-refractivity contribution in [2.45, 2.75) is 45.4 Å². The van der Waals surface area contributed by atoms with Crippen LogP contribution in [0.2, 0.25) is 0 Å². The molecule has 0 heterocycles. The van der Waals surface area contributed by atoms with Crippen molar-refractivity contribution in [2.24, 2.45) is 23.5 Å². The minimum Gasteiger partial charge on any atom is -0.330 e. The molecule has 0 spiro atoms. The second-order valence-electron chi connectivity index (χ2n) is 6.36. The molecular weight excluding hydrogens is 218 g/mol. The summed E-state index contributed by atoms with van der Waals surface area (Å²) in [5, 5.41) is 0. The summed E-state index contributed by atoms with van der Waals surface area (Å²) >= 11 is 0. The Morgan fingerprint density at radius 2 is 1.67 bits per heavy atom. The average Bonchev–Trinajstić information content (AvgIpc) is 2.36. The van der Waals surface area contributed by atoms with Crippen LogP contribution in [0.15, 0.2) is 30.3 Å². The molecule has 0 aromatic heterocycles. The highest BCUT2D eigenvalue weighted by atomic mass is 14.5. The molecule has 0 amide bonds. The average molecular weight is 245 g/mol. The first-order chi connectivity index (χ1) is 8.69. The number of rotatable bonds is 4. The summed E-state index contributed by atoms with van der Waals surface area (Å²) in [6, 6.07) is 10.8. The van der Waals surface area contributed by atoms with Crippen molar-refractivity contribution < 1.29 is 0 Å². The molecule has 1 fully saturated rings. The summed E-state index contributed by atoms with van der Waals surface area (Å²) in [5.74, 6) is 3.21. The Kier molecular flexibility index (Phi) is 4.82. The van der Waals surface area contributed by atoms with E-state index in [1.165, 1.54) is 31.2 Å². The van der Waals surface area contributed by atoms with Crippen LogP contribution in [-0.4, -0.2) is 6.54 Å². The maximum atomic E-state index is 5.99. The van der Waals surface area contributed by atoms with Gasteiger partial charge in [-0.05, 0) is 61.5 Å². The Balaban J connectivity index is 1.98. The van der Waals surface area contributed by atoms with Crippen molar-refractivity contribution in [1.82, 2.24) is 0 Å². The Bertz CT molecular complexity index is 336. The molecule has 0 saturated heterocycles. The second kappa shape index (κ2) is 6.38. The lowest BCUT2D eigenvalue weighted by Gasteiger charge is -2.33. The summed E-state index contributed by atoms with van der Waals surface area (Å²) < 4.78 is 0. The van der Waals surface area contributed by atoms with Gasteiger partial charge in [-0.3, -0.25) is 0 Å². The normalized spacial score (nSPS) is 30.1. The summed E-state index contributed by atoms with van der Waals surface area (Å²) in [4.78, 5) is 0. The van der Waals surface area contributed by atoms with Crippen molar-refractivity contribution in [3.05, 3.63) is 35.9 Å². The molecule has 2 N–H and O–H groups in total. The summed E-state index contributed by atoms with van der Waals surface area (Å²) in [6.45, 7) is 5.59. The van der Waals surface area contributed by atoms with E-state index in [1.54, 1.807) is 0 Å². The molecular formula is C17H27N. The van der Waals surface area contributed by atoms with E-state index in [0.717, 1.165) is 24.3 Å². The molecule has 1 aliphatic rings. The molecule has 0 aliphatic heterocycles. The highest BCUT2D eigenvalue weighted by Crippen LogP contribution is 2.37. The molecule has 1 saturated carbocycles. The van der Waals surface area contributed by atoms with E-state index in [1.807, 2.05) is 0 Å². The maximum Gasteiger partial charge on any atom is -0.000813 e. The van der Waals surface area contributed by atoms with E-state index in [2.05, 4.69) is 44.2 Å². The van der Waals surface area contributed by atoms with E-state index in [0.29, 0.717) is 5.92 Å². The van der Waals surface area contributed by atoms with Gasteiger partial charge in [0.2, 0.25) is 0 Å². The van der Waals surface area contributed by atoms with Gasteiger partial charge in [0.25, 0.3) is 0 Å². The van der Waals surface area contributed by atoms with Crippen LogP contribution in [0.3, 0.4) is 0 Å². The molecule has 1 nitrogen and oxygen atoms in total. The lowest BCUT2D eigenvalue weighted by molar-refractivity contribution is 0.202. The molecule has 0 radical (unpaired) electrons. The van der Waals surface area contributed by atoms with Crippen LogP contribution in [-0.2, 0) is 0 Å². The first-order valence-corrected chi connectivity index (χ1v) is 7.44. The first-order valence-electron chi connectivity index (χ1n) is 7.44. The van der Waals surface area contributed by atoms with Gasteiger partial charge in [-0.15, -0.1) is 0 Å². The standard InChI is InChI=1S/C17H27N/c1-13-8-14(2)10-15(9-13)11-17(12-18)16-6-4-3-5-7-16/h3-7,13-15,17H,8-12,18H2,1-2H3. The molecule has 3 atom stereocenters. The van der Waals surface area contributed by atoms with Gasteiger partial charge in [0.15, 0.2) is 0 Å². The number of nitrogens with two attached hydrogens (primary N) is 1. The van der Waals surface area contributed by atoms with E-state index in [4.69, 9.17) is 5.73 Å². The topological polar surface area (TPSA) is 26.0 Å². The lowest BCUT2D eigenvalue weighted by Crippen LogP contribution is -2.23. The Labute approximate surface area is 112 Å². The fraction of sp³-hybridized carbons (Fsp3) is 0.647. The molecule has 0 bridgehead atoms. The first kappa shape index (κ1) is 13.6. The molecule has 100 valence electrons. The fourth-order valence-electron chi connectivity index (χ4n) is 3.80. The zero-order chi connectivity index (χ0) is 13.0. The molecule has 3 unspecified atom stereocenters. The van der Waals surface area contributed by atoms with Gasteiger partial charge in [-0.25, -0.2) is 0 Å². The van der Waals surface area contributed by atoms with Gasteiger partial charge in [-0.2, -0.15) is 0 Å². The third-order valence-corrected chi connectivity index (χ3v) is 4.45. The smallest absolute Gasteiger partial charge is 0.000813 e. The number of benzene rings is 1. The van der Waals surface area contributed by atoms with Crippen LogP contribution in [0.1, 0.15) is 51.0 Å². The van der Waals surface area contributed by atoms with E-state index >= 15 is 0 Å². The largest absolute Gasteiger partial charge is 0.330 e. The molecule has 1 aliphatic carbocycles. The van der Waals surface area contributed by atoms with Crippen LogP contribution >= 0.6 is 0 Å². The van der Waals surface area contributed by atoms with Crippen LogP contribution in [0.4, 0.5) is 0 Å². The summed E-state index contributed by atoms with van der Waals surface area (Å²) in [5.41, 5.74) is 7.41. The number of hydrogen-bond donors (Lipinski definition) is 1. The van der Waals surface area contributed by atoms with Crippen LogP contribution < -0.4 is 5.73 Å². The molecule has 1 aromatic carbocycles. The van der Waals surface area contributed by atoms with Crippen molar-refractivity contribution in [2.75, 3.05) is 6.54 Å². The van der Waals surface area contributed by atoms with Gasteiger partial charge in [-0.1, -0.05) is 44.2 Å². The molecule has 1 aromatic rings. The van der Waals surface area contributed by atoms with Gasteiger partial charge < -0.3 is 5.73 Å². The predicted molar refractivity (Wildman–Crippen MR) is 78.5 cm³/mol. The van der Waals surface area contributed by atoms with Crippen molar-refractivity contribution in [3.8, 4) is 0 Å².